The Hall–Kier alpha value is -1.84. The molecule has 0 saturated carbocycles. The van der Waals surface area contributed by atoms with Gasteiger partial charge in [0.15, 0.2) is 6.19 Å². The lowest BCUT2D eigenvalue weighted by Crippen LogP contribution is -2.39. The van der Waals surface area contributed by atoms with Gasteiger partial charge in [0, 0.05) is 30.9 Å². The monoisotopic (exact) mass is 255 g/mol. The average Bonchev–Trinajstić information content (AvgIpc) is 2.37. The summed E-state index contributed by atoms with van der Waals surface area (Å²) in [5, 5.41) is 19.3. The van der Waals surface area contributed by atoms with E-state index in [1.165, 1.54) is 7.11 Å². The van der Waals surface area contributed by atoms with Gasteiger partial charge in [-0.15, -0.1) is 0 Å². The molecule has 0 aliphatic carbocycles. The molecular formula is C11H17N3O4. The summed E-state index contributed by atoms with van der Waals surface area (Å²) in [6, 6.07) is 0. The van der Waals surface area contributed by atoms with Crippen LogP contribution in [0.1, 0.15) is 19.3 Å². The van der Waals surface area contributed by atoms with Gasteiger partial charge in [-0.2, -0.15) is 5.26 Å². The second-order valence-electron chi connectivity index (χ2n) is 4.48. The Morgan fingerprint density at radius 2 is 2.33 bits per heavy atom. The van der Waals surface area contributed by atoms with Crippen molar-refractivity contribution in [2.75, 3.05) is 26.7 Å². The zero-order valence-corrected chi connectivity index (χ0v) is 10.4. The van der Waals surface area contributed by atoms with E-state index in [0.29, 0.717) is 25.9 Å². The summed E-state index contributed by atoms with van der Waals surface area (Å²) in [7, 11) is 1.33. The molecular weight excluding hydrogens is 238 g/mol. The number of nitrogens with zero attached hydrogens (tertiary/aromatic N) is 3. The minimum atomic E-state index is -0.361. The van der Waals surface area contributed by atoms with E-state index in [0.717, 1.165) is 0 Å². The van der Waals surface area contributed by atoms with Crippen molar-refractivity contribution >= 4 is 5.97 Å². The number of carbonyl (C=O) groups is 1. The van der Waals surface area contributed by atoms with E-state index in [1.54, 1.807) is 4.90 Å². The minimum Gasteiger partial charge on any atom is -0.469 e. The minimum absolute atomic E-state index is 0.00269. The molecule has 0 spiro atoms. The number of ether oxygens (including phenoxy) is 1. The molecule has 0 radical (unpaired) electrons. The fourth-order valence-electron chi connectivity index (χ4n) is 2.34. The molecule has 1 heterocycles. The Morgan fingerprint density at radius 1 is 1.61 bits per heavy atom. The van der Waals surface area contributed by atoms with Crippen LogP contribution in [0.3, 0.4) is 0 Å². The van der Waals surface area contributed by atoms with Crippen molar-refractivity contribution in [3.8, 4) is 6.19 Å². The van der Waals surface area contributed by atoms with Gasteiger partial charge in [0.05, 0.1) is 7.11 Å². The summed E-state index contributed by atoms with van der Waals surface area (Å²) in [6.45, 7) is 0.973. The summed E-state index contributed by atoms with van der Waals surface area (Å²) in [5.41, 5.74) is 0. The summed E-state index contributed by atoms with van der Waals surface area (Å²) in [6.07, 6.45) is 3.43. The number of piperidine rings is 1. The van der Waals surface area contributed by atoms with Crippen LogP contribution in [0.5, 0.6) is 0 Å². The Bertz CT molecular complexity index is 353. The van der Waals surface area contributed by atoms with Crippen molar-refractivity contribution in [3.63, 3.8) is 0 Å². The lowest BCUT2D eigenvalue weighted by atomic mass is 9.81. The molecule has 0 aromatic rings. The maximum absolute atomic E-state index is 11.3. The first kappa shape index (κ1) is 14.2. The molecule has 7 nitrogen and oxygen atoms in total. The van der Waals surface area contributed by atoms with Crippen LogP contribution >= 0.6 is 0 Å². The highest BCUT2D eigenvalue weighted by molar-refractivity contribution is 5.69. The van der Waals surface area contributed by atoms with E-state index in [-0.39, 0.29) is 35.7 Å². The third-order valence-corrected chi connectivity index (χ3v) is 3.37. The standard InChI is InChI=1S/C11H17N3O4/c1-18-11(15)6-9-2-4-13(8-12)7-10(9)3-5-14(16)17/h9-10H,2-7H2,1H3/t9-,10?/m0/s1. The van der Waals surface area contributed by atoms with Gasteiger partial charge >= 0.3 is 5.97 Å². The number of likely N-dealkylation sites (tertiary alicyclic amines) is 1. The van der Waals surface area contributed by atoms with Crippen molar-refractivity contribution in [3.05, 3.63) is 10.1 Å². The van der Waals surface area contributed by atoms with E-state index < -0.39 is 0 Å². The van der Waals surface area contributed by atoms with Crippen LogP contribution in [0.25, 0.3) is 0 Å². The molecule has 1 aliphatic heterocycles. The van der Waals surface area contributed by atoms with Gasteiger partial charge in [0.25, 0.3) is 0 Å². The highest BCUT2D eigenvalue weighted by atomic mass is 16.6. The average molecular weight is 255 g/mol. The van der Waals surface area contributed by atoms with E-state index in [4.69, 9.17) is 5.26 Å². The van der Waals surface area contributed by atoms with Crippen LogP contribution in [0.4, 0.5) is 0 Å². The molecule has 18 heavy (non-hydrogen) atoms. The second-order valence-corrected chi connectivity index (χ2v) is 4.48. The quantitative estimate of drug-likeness (QED) is 0.309. The third kappa shape index (κ3) is 4.20. The molecule has 1 unspecified atom stereocenters. The number of nitriles is 1. The van der Waals surface area contributed by atoms with Crippen LogP contribution in [0.2, 0.25) is 0 Å². The Morgan fingerprint density at radius 3 is 2.89 bits per heavy atom. The molecule has 0 aromatic carbocycles. The normalized spacial score (nSPS) is 23.2. The molecule has 1 rings (SSSR count). The molecule has 7 heteroatoms. The zero-order chi connectivity index (χ0) is 13.5. The molecule has 0 N–H and O–H groups in total. The highest BCUT2D eigenvalue weighted by Crippen LogP contribution is 2.29. The molecule has 1 saturated heterocycles. The highest BCUT2D eigenvalue weighted by Gasteiger charge is 2.31. The molecule has 0 amide bonds. The Kier molecular flexibility index (Phi) is 5.36. The summed E-state index contributed by atoms with van der Waals surface area (Å²) in [5.74, 6) is -0.221. The van der Waals surface area contributed by atoms with Gasteiger partial charge in [-0.05, 0) is 18.3 Å². The van der Waals surface area contributed by atoms with E-state index in [9.17, 15) is 14.9 Å². The number of hydrogen-bond acceptors (Lipinski definition) is 6. The van der Waals surface area contributed by atoms with Gasteiger partial charge in [-0.25, -0.2) is 0 Å². The summed E-state index contributed by atoms with van der Waals surface area (Å²) >= 11 is 0. The first-order valence-corrected chi connectivity index (χ1v) is 5.90. The Balaban J connectivity index is 2.59. The second kappa shape index (κ2) is 6.79. The molecule has 1 fully saturated rings. The van der Waals surface area contributed by atoms with Gasteiger partial charge in [0.2, 0.25) is 6.54 Å². The zero-order valence-electron chi connectivity index (χ0n) is 10.4. The summed E-state index contributed by atoms with van der Waals surface area (Å²) in [4.78, 5) is 22.9. The predicted molar refractivity (Wildman–Crippen MR) is 61.9 cm³/mol. The van der Waals surface area contributed by atoms with Crippen molar-refractivity contribution < 1.29 is 14.5 Å². The topological polar surface area (TPSA) is 96.5 Å². The predicted octanol–water partition coefficient (Wildman–Crippen LogP) is 0.635. The van der Waals surface area contributed by atoms with Crippen LogP contribution in [0, 0.1) is 33.4 Å². The fraction of sp³-hybridized carbons (Fsp3) is 0.818. The van der Waals surface area contributed by atoms with Gasteiger partial charge in [-0.3, -0.25) is 14.9 Å². The third-order valence-electron chi connectivity index (χ3n) is 3.37. The van der Waals surface area contributed by atoms with Crippen LogP contribution < -0.4 is 0 Å². The van der Waals surface area contributed by atoms with E-state index in [2.05, 4.69) is 10.9 Å². The van der Waals surface area contributed by atoms with E-state index >= 15 is 0 Å². The fourth-order valence-corrected chi connectivity index (χ4v) is 2.34. The maximum atomic E-state index is 11.3. The SMILES string of the molecule is COC(=O)C[C@@H]1CCN(C#N)CC1CC[N+](=O)[O-]. The molecule has 0 bridgehead atoms. The van der Waals surface area contributed by atoms with Crippen LogP contribution in [0.15, 0.2) is 0 Å². The molecule has 2 atom stereocenters. The number of esters is 1. The molecule has 100 valence electrons. The van der Waals surface area contributed by atoms with Crippen molar-refractivity contribution in [1.82, 2.24) is 4.90 Å². The van der Waals surface area contributed by atoms with E-state index in [1.807, 2.05) is 0 Å². The van der Waals surface area contributed by atoms with Gasteiger partial charge in [0.1, 0.15) is 0 Å². The number of hydrogen-bond donors (Lipinski definition) is 0. The lowest BCUT2D eigenvalue weighted by Gasteiger charge is -2.34. The molecule has 0 aromatic heterocycles. The van der Waals surface area contributed by atoms with Gasteiger partial charge < -0.3 is 9.64 Å². The molecule has 1 aliphatic rings. The first-order chi connectivity index (χ1) is 8.56. The number of carbonyl (C=O) groups excluding carboxylic acids is 1. The lowest BCUT2D eigenvalue weighted by molar-refractivity contribution is -0.482. The smallest absolute Gasteiger partial charge is 0.305 e. The van der Waals surface area contributed by atoms with Crippen molar-refractivity contribution in [2.45, 2.75) is 19.3 Å². The number of methoxy groups -OCH3 is 1. The van der Waals surface area contributed by atoms with Crippen molar-refractivity contribution in [2.24, 2.45) is 11.8 Å². The van der Waals surface area contributed by atoms with Crippen LogP contribution in [-0.4, -0.2) is 42.5 Å². The van der Waals surface area contributed by atoms with Crippen molar-refractivity contribution in [1.29, 1.82) is 5.26 Å². The van der Waals surface area contributed by atoms with Crippen LogP contribution in [-0.2, 0) is 9.53 Å². The Labute approximate surface area is 105 Å². The van der Waals surface area contributed by atoms with Gasteiger partial charge in [-0.1, -0.05) is 0 Å². The number of rotatable bonds is 5. The summed E-state index contributed by atoms with van der Waals surface area (Å²) < 4.78 is 4.63. The first-order valence-electron chi connectivity index (χ1n) is 5.90. The number of nitro groups is 1. The maximum Gasteiger partial charge on any atom is 0.305 e. The largest absolute Gasteiger partial charge is 0.469 e.